The highest BCUT2D eigenvalue weighted by atomic mass is 32.2. The lowest BCUT2D eigenvalue weighted by Crippen LogP contribution is -2.34. The van der Waals surface area contributed by atoms with E-state index in [1.807, 2.05) is 37.3 Å². The molecule has 2 nitrogen and oxygen atoms in total. The van der Waals surface area contributed by atoms with E-state index in [2.05, 4.69) is 11.6 Å². The zero-order valence-corrected chi connectivity index (χ0v) is 13.5. The molecule has 1 aliphatic rings. The van der Waals surface area contributed by atoms with Gasteiger partial charge in [0.25, 0.3) is 5.91 Å². The molecule has 1 heterocycles. The molecular formula is C19H16FNOS. The van der Waals surface area contributed by atoms with E-state index in [1.165, 1.54) is 23.9 Å². The van der Waals surface area contributed by atoms with Gasteiger partial charge in [-0.25, -0.2) is 9.38 Å². The van der Waals surface area contributed by atoms with E-state index in [4.69, 9.17) is 0 Å². The zero-order valence-electron chi connectivity index (χ0n) is 12.7. The molecule has 2 aromatic carbocycles. The van der Waals surface area contributed by atoms with Gasteiger partial charge in [0.2, 0.25) is 0 Å². The quantitative estimate of drug-likeness (QED) is 0.770. The maximum absolute atomic E-state index is 13.2. The summed E-state index contributed by atoms with van der Waals surface area (Å²) >= 11 is 1.44. The number of amides is 1. The summed E-state index contributed by atoms with van der Waals surface area (Å²) in [7, 11) is 0. The standard InChI is InChI=1S/C19H16FNOS/c1-3-16(13-9-11-15(20)12-10-13)19(2)18(22)21-17(23-19)14-7-5-4-6-8-14/h3-12,16H,1H2,2H3/t16-,19-/m1/s1. The summed E-state index contributed by atoms with van der Waals surface area (Å²) in [4.78, 5) is 16.8. The van der Waals surface area contributed by atoms with Gasteiger partial charge in [0, 0.05) is 11.5 Å². The number of halogens is 1. The van der Waals surface area contributed by atoms with Gasteiger partial charge < -0.3 is 0 Å². The van der Waals surface area contributed by atoms with Crippen LogP contribution < -0.4 is 0 Å². The molecule has 116 valence electrons. The molecule has 1 amide bonds. The van der Waals surface area contributed by atoms with Crippen LogP contribution in [0.5, 0.6) is 0 Å². The van der Waals surface area contributed by atoms with E-state index in [1.54, 1.807) is 18.2 Å². The molecular weight excluding hydrogens is 309 g/mol. The first kappa shape index (κ1) is 15.7. The lowest BCUT2D eigenvalue weighted by atomic mass is 9.86. The molecule has 23 heavy (non-hydrogen) atoms. The number of hydrogen-bond acceptors (Lipinski definition) is 2. The van der Waals surface area contributed by atoms with Crippen molar-refractivity contribution in [2.24, 2.45) is 4.99 Å². The lowest BCUT2D eigenvalue weighted by Gasteiger charge is -2.28. The van der Waals surface area contributed by atoms with Gasteiger partial charge in [-0.3, -0.25) is 4.79 Å². The van der Waals surface area contributed by atoms with Crippen molar-refractivity contribution in [2.45, 2.75) is 17.6 Å². The van der Waals surface area contributed by atoms with Crippen LogP contribution in [-0.4, -0.2) is 15.7 Å². The number of rotatable bonds is 4. The van der Waals surface area contributed by atoms with Gasteiger partial charge in [-0.2, -0.15) is 0 Å². The molecule has 0 saturated heterocycles. The van der Waals surface area contributed by atoms with Gasteiger partial charge in [0.15, 0.2) is 0 Å². The maximum atomic E-state index is 13.2. The minimum Gasteiger partial charge on any atom is -0.271 e. The SMILES string of the molecule is C=C[C@H](c1ccc(F)cc1)[C@@]1(C)SC(c2ccccc2)=NC1=O. The number of hydrogen-bond donors (Lipinski definition) is 0. The molecule has 3 rings (SSSR count). The van der Waals surface area contributed by atoms with E-state index >= 15 is 0 Å². The second-order valence-electron chi connectivity index (χ2n) is 5.56. The molecule has 0 spiro atoms. The first-order valence-electron chi connectivity index (χ1n) is 7.30. The van der Waals surface area contributed by atoms with Gasteiger partial charge in [-0.15, -0.1) is 6.58 Å². The van der Waals surface area contributed by atoms with E-state index in [-0.39, 0.29) is 17.6 Å². The highest BCUT2D eigenvalue weighted by Gasteiger charge is 2.47. The fourth-order valence-electron chi connectivity index (χ4n) is 2.72. The van der Waals surface area contributed by atoms with Crippen LogP contribution in [0.1, 0.15) is 24.0 Å². The lowest BCUT2D eigenvalue weighted by molar-refractivity contribution is -0.119. The van der Waals surface area contributed by atoms with Crippen LogP contribution in [0.2, 0.25) is 0 Å². The Morgan fingerprint density at radius 2 is 1.83 bits per heavy atom. The highest BCUT2D eigenvalue weighted by Crippen LogP contribution is 2.46. The highest BCUT2D eigenvalue weighted by molar-refractivity contribution is 8.16. The Morgan fingerprint density at radius 3 is 2.43 bits per heavy atom. The Kier molecular flexibility index (Phi) is 4.18. The van der Waals surface area contributed by atoms with E-state index < -0.39 is 4.75 Å². The van der Waals surface area contributed by atoms with Crippen LogP contribution >= 0.6 is 11.8 Å². The van der Waals surface area contributed by atoms with Gasteiger partial charge >= 0.3 is 0 Å². The summed E-state index contributed by atoms with van der Waals surface area (Å²) < 4.78 is 12.4. The van der Waals surface area contributed by atoms with Crippen molar-refractivity contribution in [1.82, 2.24) is 0 Å². The fraction of sp³-hybridized carbons (Fsp3) is 0.158. The number of thioether (sulfide) groups is 1. The Bertz CT molecular complexity index is 770. The third kappa shape index (κ3) is 2.86. The Labute approximate surface area is 139 Å². The number of nitrogens with zero attached hydrogens (tertiary/aromatic N) is 1. The minimum atomic E-state index is -0.773. The number of aliphatic imine (C=N–C) groups is 1. The molecule has 0 radical (unpaired) electrons. The first-order valence-corrected chi connectivity index (χ1v) is 8.12. The number of allylic oxidation sites excluding steroid dienone is 1. The third-order valence-corrected chi connectivity index (χ3v) is 5.39. The molecule has 0 saturated carbocycles. The fourth-order valence-corrected chi connectivity index (χ4v) is 4.00. The minimum absolute atomic E-state index is 0.185. The predicted molar refractivity (Wildman–Crippen MR) is 93.3 cm³/mol. The van der Waals surface area contributed by atoms with Crippen molar-refractivity contribution in [2.75, 3.05) is 0 Å². The van der Waals surface area contributed by atoms with Crippen LogP contribution in [0.15, 0.2) is 72.2 Å². The average molecular weight is 325 g/mol. The summed E-state index contributed by atoms with van der Waals surface area (Å²) in [6, 6.07) is 15.8. The topological polar surface area (TPSA) is 29.4 Å². The van der Waals surface area contributed by atoms with Crippen molar-refractivity contribution >= 4 is 22.7 Å². The van der Waals surface area contributed by atoms with E-state index in [9.17, 15) is 9.18 Å². The molecule has 0 N–H and O–H groups in total. The van der Waals surface area contributed by atoms with E-state index in [0.717, 1.165) is 11.1 Å². The zero-order chi connectivity index (χ0) is 16.4. The molecule has 2 atom stereocenters. The van der Waals surface area contributed by atoms with Gasteiger partial charge in [-0.05, 0) is 24.6 Å². The summed E-state index contributed by atoms with van der Waals surface area (Å²) in [6.07, 6.45) is 1.74. The maximum Gasteiger partial charge on any atom is 0.264 e. The molecule has 0 fully saturated rings. The van der Waals surface area contributed by atoms with Gasteiger partial charge in [0.1, 0.15) is 15.6 Å². The van der Waals surface area contributed by atoms with Gasteiger partial charge in [0.05, 0.1) is 0 Å². The monoisotopic (exact) mass is 325 g/mol. The largest absolute Gasteiger partial charge is 0.271 e. The molecule has 0 aromatic heterocycles. The smallest absolute Gasteiger partial charge is 0.264 e. The number of carbonyl (C=O) groups excluding carboxylic acids is 1. The summed E-state index contributed by atoms with van der Waals surface area (Å²) in [5.74, 6) is -0.727. The average Bonchev–Trinajstić information content (AvgIpc) is 2.87. The molecule has 4 heteroatoms. The summed E-state index contributed by atoms with van der Waals surface area (Å²) in [5.41, 5.74) is 1.78. The Morgan fingerprint density at radius 1 is 1.17 bits per heavy atom. The normalized spacial score (nSPS) is 21.8. The summed E-state index contributed by atoms with van der Waals surface area (Å²) in [6.45, 7) is 5.74. The summed E-state index contributed by atoms with van der Waals surface area (Å²) in [5, 5.41) is 0.715. The molecule has 0 bridgehead atoms. The van der Waals surface area contributed by atoms with Crippen LogP contribution in [0, 0.1) is 5.82 Å². The number of carbonyl (C=O) groups is 1. The second kappa shape index (κ2) is 6.13. The van der Waals surface area contributed by atoms with Crippen molar-refractivity contribution in [1.29, 1.82) is 0 Å². The van der Waals surface area contributed by atoms with Crippen LogP contribution in [-0.2, 0) is 4.79 Å². The first-order chi connectivity index (χ1) is 11.0. The van der Waals surface area contributed by atoms with Crippen molar-refractivity contribution in [3.63, 3.8) is 0 Å². The molecule has 0 unspecified atom stereocenters. The van der Waals surface area contributed by atoms with Crippen LogP contribution in [0.25, 0.3) is 0 Å². The van der Waals surface area contributed by atoms with Crippen LogP contribution in [0.3, 0.4) is 0 Å². The molecule has 1 aliphatic heterocycles. The third-order valence-electron chi connectivity index (χ3n) is 4.02. The van der Waals surface area contributed by atoms with Crippen molar-refractivity contribution < 1.29 is 9.18 Å². The van der Waals surface area contributed by atoms with Crippen molar-refractivity contribution in [3.8, 4) is 0 Å². The molecule has 0 aliphatic carbocycles. The number of benzene rings is 2. The Balaban J connectivity index is 1.94. The van der Waals surface area contributed by atoms with E-state index in [0.29, 0.717) is 5.04 Å². The Hall–Kier alpha value is -2.20. The van der Waals surface area contributed by atoms with Crippen LogP contribution in [0.4, 0.5) is 4.39 Å². The second-order valence-corrected chi connectivity index (χ2v) is 7.00. The predicted octanol–water partition coefficient (Wildman–Crippen LogP) is 4.57. The molecule has 2 aromatic rings. The van der Waals surface area contributed by atoms with Gasteiger partial charge in [-0.1, -0.05) is 60.3 Å². The van der Waals surface area contributed by atoms with Crippen molar-refractivity contribution in [3.05, 3.63) is 84.2 Å².